The smallest absolute Gasteiger partial charge is 0.264 e. The van der Waals surface area contributed by atoms with Crippen molar-refractivity contribution in [3.05, 3.63) is 44.1 Å². The fourth-order valence-corrected chi connectivity index (χ4v) is 1.51. The summed E-state index contributed by atoms with van der Waals surface area (Å²) in [5, 5.41) is 9.22. The summed E-state index contributed by atoms with van der Waals surface area (Å²) in [4.78, 5) is 17.8. The van der Waals surface area contributed by atoms with Gasteiger partial charge in [-0.3, -0.25) is 4.79 Å². The van der Waals surface area contributed by atoms with Crippen LogP contribution in [0.5, 0.6) is 5.75 Å². The highest BCUT2D eigenvalue weighted by atomic mass is 127. The predicted octanol–water partition coefficient (Wildman–Crippen LogP) is 1.89. The number of hydrogen-bond donors (Lipinski definition) is 2. The van der Waals surface area contributed by atoms with Crippen molar-refractivity contribution in [2.24, 2.45) is 0 Å². The lowest BCUT2D eigenvalue weighted by molar-refractivity contribution is 0.469. The first-order valence-electron chi connectivity index (χ1n) is 4.31. The molecule has 0 amide bonds. The molecule has 82 valence electrons. The molecule has 6 heteroatoms. The second-order valence-corrected chi connectivity index (χ2v) is 4.27. The molecule has 0 spiro atoms. The Labute approximate surface area is 103 Å². The largest absolute Gasteiger partial charge is 0.508 e. The van der Waals surface area contributed by atoms with Crippen LogP contribution in [-0.4, -0.2) is 15.1 Å². The first-order valence-corrected chi connectivity index (χ1v) is 5.39. The summed E-state index contributed by atoms with van der Waals surface area (Å²) < 4.78 is 13.5. The maximum absolute atomic E-state index is 13.0. The van der Waals surface area contributed by atoms with Crippen molar-refractivity contribution >= 4 is 22.6 Å². The molecule has 0 aliphatic carbocycles. The standard InChI is InChI=1S/C10H6FIN2O2/c11-6-1-5(2-7(15)3-6)9-13-4-8(12)10(16)14-9/h1-4,15H,(H,13,14,16). The molecular formula is C10H6FIN2O2. The second-order valence-electron chi connectivity index (χ2n) is 3.11. The van der Waals surface area contributed by atoms with Crippen LogP contribution in [0.15, 0.2) is 29.2 Å². The first kappa shape index (κ1) is 11.1. The molecule has 2 aromatic rings. The van der Waals surface area contributed by atoms with E-state index in [1.165, 1.54) is 18.3 Å². The number of H-pyrrole nitrogens is 1. The Morgan fingerprint density at radius 1 is 1.38 bits per heavy atom. The maximum Gasteiger partial charge on any atom is 0.264 e. The number of benzene rings is 1. The minimum absolute atomic E-state index is 0.212. The molecular weight excluding hydrogens is 326 g/mol. The molecule has 0 atom stereocenters. The lowest BCUT2D eigenvalue weighted by atomic mass is 10.2. The van der Waals surface area contributed by atoms with Crippen molar-refractivity contribution in [3.63, 3.8) is 0 Å². The number of aromatic hydroxyl groups is 1. The van der Waals surface area contributed by atoms with Crippen LogP contribution >= 0.6 is 22.6 Å². The molecule has 2 rings (SSSR count). The summed E-state index contributed by atoms with van der Waals surface area (Å²) in [6, 6.07) is 3.49. The molecule has 16 heavy (non-hydrogen) atoms. The van der Waals surface area contributed by atoms with E-state index < -0.39 is 5.82 Å². The van der Waals surface area contributed by atoms with Crippen LogP contribution in [0, 0.1) is 9.39 Å². The molecule has 1 aromatic heterocycles. The van der Waals surface area contributed by atoms with Crippen LogP contribution in [0.1, 0.15) is 0 Å². The fraction of sp³-hybridized carbons (Fsp3) is 0. The number of nitrogens with zero attached hydrogens (tertiary/aromatic N) is 1. The lowest BCUT2D eigenvalue weighted by Gasteiger charge is -2.02. The number of halogens is 2. The Morgan fingerprint density at radius 2 is 2.12 bits per heavy atom. The van der Waals surface area contributed by atoms with Gasteiger partial charge in [0.2, 0.25) is 0 Å². The third-order valence-electron chi connectivity index (χ3n) is 1.91. The average molecular weight is 332 g/mol. The van der Waals surface area contributed by atoms with E-state index in [4.69, 9.17) is 0 Å². The van der Waals surface area contributed by atoms with E-state index in [9.17, 15) is 14.3 Å². The van der Waals surface area contributed by atoms with Crippen LogP contribution in [0.2, 0.25) is 0 Å². The van der Waals surface area contributed by atoms with E-state index >= 15 is 0 Å². The molecule has 1 heterocycles. The summed E-state index contributed by atoms with van der Waals surface area (Å²) in [5.74, 6) is -0.576. The van der Waals surface area contributed by atoms with Gasteiger partial charge in [-0.15, -0.1) is 0 Å². The number of aromatic amines is 1. The van der Waals surface area contributed by atoms with Gasteiger partial charge in [-0.2, -0.15) is 0 Å². The quantitative estimate of drug-likeness (QED) is 0.784. The van der Waals surface area contributed by atoms with Gasteiger partial charge in [-0.05, 0) is 34.7 Å². The Kier molecular flexibility index (Phi) is 2.90. The van der Waals surface area contributed by atoms with Crippen molar-refractivity contribution in [1.29, 1.82) is 0 Å². The molecule has 4 nitrogen and oxygen atoms in total. The maximum atomic E-state index is 13.0. The Bertz CT molecular complexity index is 577. The number of rotatable bonds is 1. The van der Waals surface area contributed by atoms with Gasteiger partial charge < -0.3 is 10.1 Å². The molecule has 0 saturated heterocycles. The number of aromatic nitrogens is 2. The summed E-state index contributed by atoms with van der Waals surface area (Å²) in [5.41, 5.74) is 0.0281. The zero-order valence-electron chi connectivity index (χ0n) is 7.87. The van der Waals surface area contributed by atoms with Crippen LogP contribution in [-0.2, 0) is 0 Å². The van der Waals surface area contributed by atoms with Crippen molar-refractivity contribution < 1.29 is 9.50 Å². The van der Waals surface area contributed by atoms with E-state index in [0.29, 0.717) is 9.13 Å². The zero-order valence-corrected chi connectivity index (χ0v) is 10.0. The molecule has 2 N–H and O–H groups in total. The topological polar surface area (TPSA) is 66.0 Å². The Hall–Kier alpha value is -1.44. The summed E-state index contributed by atoms with van der Waals surface area (Å²) >= 11 is 1.84. The lowest BCUT2D eigenvalue weighted by Crippen LogP contribution is -2.11. The minimum Gasteiger partial charge on any atom is -0.508 e. The molecule has 0 aliphatic rings. The normalized spacial score (nSPS) is 10.4. The van der Waals surface area contributed by atoms with Crippen molar-refractivity contribution in [1.82, 2.24) is 9.97 Å². The van der Waals surface area contributed by atoms with Gasteiger partial charge in [0.25, 0.3) is 5.56 Å². The summed E-state index contributed by atoms with van der Waals surface area (Å²) in [6.07, 6.45) is 1.39. The minimum atomic E-state index is -0.587. The molecule has 0 aliphatic heterocycles. The summed E-state index contributed by atoms with van der Waals surface area (Å²) in [7, 11) is 0. The van der Waals surface area contributed by atoms with E-state index in [2.05, 4.69) is 9.97 Å². The van der Waals surface area contributed by atoms with Crippen molar-refractivity contribution in [2.45, 2.75) is 0 Å². The third kappa shape index (κ3) is 2.21. The number of phenolic OH excluding ortho intramolecular Hbond substituents is 1. The number of hydrogen-bond acceptors (Lipinski definition) is 3. The third-order valence-corrected chi connectivity index (χ3v) is 2.68. The number of nitrogens with one attached hydrogen (secondary N) is 1. The van der Waals surface area contributed by atoms with Crippen molar-refractivity contribution in [2.75, 3.05) is 0 Å². The highest BCUT2D eigenvalue weighted by Gasteiger charge is 2.05. The van der Waals surface area contributed by atoms with Crippen LogP contribution in [0.4, 0.5) is 4.39 Å². The van der Waals surface area contributed by atoms with Crippen LogP contribution < -0.4 is 5.56 Å². The summed E-state index contributed by atoms with van der Waals surface area (Å²) in [6.45, 7) is 0. The molecule has 0 bridgehead atoms. The van der Waals surface area contributed by atoms with Gasteiger partial charge in [0.1, 0.15) is 17.4 Å². The fourth-order valence-electron chi connectivity index (χ4n) is 1.24. The highest BCUT2D eigenvalue weighted by Crippen LogP contribution is 2.21. The van der Waals surface area contributed by atoms with E-state index in [1.54, 1.807) is 0 Å². The van der Waals surface area contributed by atoms with Gasteiger partial charge in [0.15, 0.2) is 0 Å². The molecule has 0 unspecified atom stereocenters. The van der Waals surface area contributed by atoms with Crippen LogP contribution in [0.25, 0.3) is 11.4 Å². The van der Waals surface area contributed by atoms with Gasteiger partial charge in [0, 0.05) is 17.8 Å². The van der Waals surface area contributed by atoms with Gasteiger partial charge >= 0.3 is 0 Å². The van der Waals surface area contributed by atoms with Crippen LogP contribution in [0.3, 0.4) is 0 Å². The van der Waals surface area contributed by atoms with Gasteiger partial charge in [-0.25, -0.2) is 9.37 Å². The number of phenols is 1. The van der Waals surface area contributed by atoms with E-state index in [1.807, 2.05) is 22.6 Å². The zero-order chi connectivity index (χ0) is 11.7. The SMILES string of the molecule is O=c1[nH]c(-c2cc(O)cc(F)c2)ncc1I. The molecule has 0 saturated carbocycles. The molecule has 0 radical (unpaired) electrons. The highest BCUT2D eigenvalue weighted by molar-refractivity contribution is 14.1. The monoisotopic (exact) mass is 332 g/mol. The van der Waals surface area contributed by atoms with Crippen molar-refractivity contribution in [3.8, 4) is 17.1 Å². The first-order chi connectivity index (χ1) is 7.56. The molecule has 0 fully saturated rings. The Balaban J connectivity index is 2.58. The van der Waals surface area contributed by atoms with E-state index in [-0.39, 0.29) is 17.1 Å². The predicted molar refractivity (Wildman–Crippen MR) is 64.6 cm³/mol. The average Bonchev–Trinajstić information content (AvgIpc) is 2.20. The molecule has 1 aromatic carbocycles. The second kappa shape index (κ2) is 4.20. The van der Waals surface area contributed by atoms with E-state index in [0.717, 1.165) is 6.07 Å². The Morgan fingerprint density at radius 3 is 2.75 bits per heavy atom. The van der Waals surface area contributed by atoms with Gasteiger partial charge in [-0.1, -0.05) is 0 Å². The van der Waals surface area contributed by atoms with Gasteiger partial charge in [0.05, 0.1) is 3.57 Å².